The van der Waals surface area contributed by atoms with E-state index < -0.39 is 11.7 Å². The fraction of sp³-hybridized carbons (Fsp3) is 0.300. The van der Waals surface area contributed by atoms with Crippen LogP contribution in [0.2, 0.25) is 0 Å². The maximum atomic E-state index is 11.5. The van der Waals surface area contributed by atoms with Gasteiger partial charge in [0.25, 0.3) is 5.79 Å². The number of hydrazine groups is 1. The molecule has 1 saturated heterocycles. The molecule has 3 N–H and O–H groups in total. The van der Waals surface area contributed by atoms with E-state index in [-0.39, 0.29) is 6.54 Å². The molecule has 1 aromatic carbocycles. The average Bonchev–Trinajstić information content (AvgIpc) is 2.55. The molecule has 0 atom stereocenters. The Morgan fingerprint density at radius 1 is 1.38 bits per heavy atom. The number of carbonyl (C=O) groups is 1. The summed E-state index contributed by atoms with van der Waals surface area (Å²) in [6.07, 6.45) is 0. The lowest BCUT2D eigenvalue weighted by atomic mass is 10.2. The van der Waals surface area contributed by atoms with Gasteiger partial charge in [-0.2, -0.15) is 0 Å². The summed E-state index contributed by atoms with van der Waals surface area (Å²) in [5, 5.41) is 19.6. The van der Waals surface area contributed by atoms with Crippen molar-refractivity contribution in [2.45, 2.75) is 5.79 Å². The third-order valence-electron chi connectivity index (χ3n) is 2.36. The van der Waals surface area contributed by atoms with Crippen molar-refractivity contribution >= 4 is 11.6 Å². The molecule has 0 saturated carbocycles. The highest BCUT2D eigenvalue weighted by molar-refractivity contribution is 5.99. The van der Waals surface area contributed by atoms with Crippen LogP contribution < -0.4 is 15.2 Å². The molecule has 0 spiro atoms. The van der Waals surface area contributed by atoms with Crippen LogP contribution in [0.4, 0.5) is 5.69 Å². The molecule has 86 valence electrons. The lowest BCUT2D eigenvalue weighted by Gasteiger charge is -2.16. The van der Waals surface area contributed by atoms with Crippen LogP contribution in [0.15, 0.2) is 24.3 Å². The van der Waals surface area contributed by atoms with Gasteiger partial charge in [-0.15, -0.1) is 0 Å². The number of hydrogen-bond acceptors (Lipinski definition) is 5. The zero-order chi connectivity index (χ0) is 11.8. The zero-order valence-corrected chi connectivity index (χ0v) is 8.67. The van der Waals surface area contributed by atoms with Gasteiger partial charge >= 0.3 is 5.91 Å². The smallest absolute Gasteiger partial charge is 0.302 e. The highest BCUT2D eigenvalue weighted by atomic mass is 16.5. The van der Waals surface area contributed by atoms with Gasteiger partial charge in [0.15, 0.2) is 0 Å². The van der Waals surface area contributed by atoms with E-state index in [2.05, 4.69) is 5.43 Å². The van der Waals surface area contributed by atoms with E-state index in [1.807, 2.05) is 0 Å². The highest BCUT2D eigenvalue weighted by Crippen LogP contribution is 2.22. The maximum Gasteiger partial charge on any atom is 0.302 e. The number of methoxy groups -OCH3 is 1. The summed E-state index contributed by atoms with van der Waals surface area (Å²) in [7, 11) is 1.54. The predicted octanol–water partition coefficient (Wildman–Crippen LogP) is -0.773. The second-order valence-corrected chi connectivity index (χ2v) is 3.49. The summed E-state index contributed by atoms with van der Waals surface area (Å²) in [4.78, 5) is 11.5. The van der Waals surface area contributed by atoms with E-state index in [9.17, 15) is 15.0 Å². The highest BCUT2D eigenvalue weighted by Gasteiger charge is 2.44. The first kappa shape index (κ1) is 10.9. The van der Waals surface area contributed by atoms with Crippen LogP contribution in [0.5, 0.6) is 5.75 Å². The first-order valence-corrected chi connectivity index (χ1v) is 4.71. The Morgan fingerprint density at radius 2 is 2.00 bits per heavy atom. The largest absolute Gasteiger partial charge is 0.497 e. The minimum absolute atomic E-state index is 0.224. The van der Waals surface area contributed by atoms with Gasteiger partial charge < -0.3 is 14.9 Å². The van der Waals surface area contributed by atoms with Crippen LogP contribution in [0.1, 0.15) is 0 Å². The van der Waals surface area contributed by atoms with Crippen molar-refractivity contribution in [1.82, 2.24) is 5.43 Å². The van der Waals surface area contributed by atoms with Gasteiger partial charge in [0.2, 0.25) is 0 Å². The van der Waals surface area contributed by atoms with E-state index in [1.54, 1.807) is 31.4 Å². The van der Waals surface area contributed by atoms with E-state index in [1.165, 1.54) is 0 Å². The zero-order valence-electron chi connectivity index (χ0n) is 8.67. The number of aliphatic hydroxyl groups is 2. The van der Waals surface area contributed by atoms with Crippen LogP contribution in [0.3, 0.4) is 0 Å². The second-order valence-electron chi connectivity index (χ2n) is 3.49. The molecule has 1 aliphatic heterocycles. The van der Waals surface area contributed by atoms with Crippen LogP contribution in [0.25, 0.3) is 0 Å². The van der Waals surface area contributed by atoms with Crippen LogP contribution >= 0.6 is 0 Å². The minimum Gasteiger partial charge on any atom is -0.497 e. The third kappa shape index (κ3) is 1.73. The molecule has 0 radical (unpaired) electrons. The molecule has 0 aromatic heterocycles. The average molecular weight is 224 g/mol. The number of anilines is 1. The Kier molecular flexibility index (Phi) is 2.55. The van der Waals surface area contributed by atoms with Gasteiger partial charge in [0, 0.05) is 0 Å². The summed E-state index contributed by atoms with van der Waals surface area (Å²) < 4.78 is 4.98. The first-order valence-electron chi connectivity index (χ1n) is 4.71. The molecule has 1 aliphatic rings. The van der Waals surface area contributed by atoms with Crippen molar-refractivity contribution in [2.24, 2.45) is 0 Å². The van der Waals surface area contributed by atoms with Gasteiger partial charge in [0.05, 0.1) is 19.3 Å². The fourth-order valence-electron chi connectivity index (χ4n) is 1.46. The lowest BCUT2D eigenvalue weighted by Crippen LogP contribution is -2.41. The summed E-state index contributed by atoms with van der Waals surface area (Å²) in [5.74, 6) is -2.47. The Bertz CT molecular complexity index is 402. The van der Waals surface area contributed by atoms with E-state index >= 15 is 0 Å². The normalized spacial score (nSPS) is 18.9. The summed E-state index contributed by atoms with van der Waals surface area (Å²) in [6, 6.07) is 6.65. The molecule has 0 unspecified atom stereocenters. The number of β-amino-alcohol motifs (C(OH)–C–C–N with tert-alkyl or cyclic N) is 2. The lowest BCUT2D eigenvalue weighted by molar-refractivity contribution is -0.170. The molecular formula is C10H12N2O4. The molecule has 1 heterocycles. The molecule has 1 amide bonds. The molecule has 1 fully saturated rings. The third-order valence-corrected chi connectivity index (χ3v) is 2.36. The molecule has 2 rings (SSSR count). The Morgan fingerprint density at radius 3 is 2.44 bits per heavy atom. The van der Waals surface area contributed by atoms with Gasteiger partial charge in [-0.25, -0.2) is 10.4 Å². The Hall–Kier alpha value is -1.63. The van der Waals surface area contributed by atoms with E-state index in [0.29, 0.717) is 11.4 Å². The van der Waals surface area contributed by atoms with Gasteiger partial charge in [-0.1, -0.05) is 0 Å². The number of carbonyl (C=O) groups excluding carboxylic acids is 1. The van der Waals surface area contributed by atoms with Gasteiger partial charge in [-0.05, 0) is 24.3 Å². The van der Waals surface area contributed by atoms with Crippen LogP contribution in [-0.4, -0.2) is 35.6 Å². The predicted molar refractivity (Wildman–Crippen MR) is 55.7 cm³/mol. The minimum atomic E-state index is -2.33. The number of hydrogen-bond donors (Lipinski definition) is 3. The molecule has 6 nitrogen and oxygen atoms in total. The number of rotatable bonds is 2. The number of amides is 1. The van der Waals surface area contributed by atoms with Gasteiger partial charge in [-0.3, -0.25) is 4.79 Å². The molecule has 1 aromatic rings. The summed E-state index contributed by atoms with van der Waals surface area (Å²) in [5.41, 5.74) is 3.12. The molecule has 0 bridgehead atoms. The Balaban J connectivity index is 2.22. The maximum absolute atomic E-state index is 11.5. The fourth-order valence-corrected chi connectivity index (χ4v) is 1.46. The second kappa shape index (κ2) is 3.75. The molecule has 6 heteroatoms. The number of ether oxygens (including phenoxy) is 1. The van der Waals surface area contributed by atoms with E-state index in [0.717, 1.165) is 5.01 Å². The first-order chi connectivity index (χ1) is 7.54. The molecule has 0 aliphatic carbocycles. The SMILES string of the molecule is COc1ccc(N2NCC(O)(O)C2=O)cc1. The van der Waals surface area contributed by atoms with Crippen LogP contribution in [-0.2, 0) is 4.79 Å². The summed E-state index contributed by atoms with van der Waals surface area (Å²) in [6.45, 7) is -0.224. The Labute approximate surface area is 92.0 Å². The topological polar surface area (TPSA) is 82.0 Å². The summed E-state index contributed by atoms with van der Waals surface area (Å²) >= 11 is 0. The van der Waals surface area contributed by atoms with Crippen molar-refractivity contribution < 1.29 is 19.7 Å². The van der Waals surface area contributed by atoms with E-state index in [4.69, 9.17) is 4.74 Å². The number of benzene rings is 1. The van der Waals surface area contributed by atoms with Crippen molar-refractivity contribution in [3.05, 3.63) is 24.3 Å². The molecular weight excluding hydrogens is 212 g/mol. The number of nitrogens with zero attached hydrogens (tertiary/aromatic N) is 1. The van der Waals surface area contributed by atoms with Crippen LogP contribution in [0, 0.1) is 0 Å². The van der Waals surface area contributed by atoms with Crippen molar-refractivity contribution in [2.75, 3.05) is 18.7 Å². The van der Waals surface area contributed by atoms with Crippen molar-refractivity contribution in [3.8, 4) is 5.75 Å². The van der Waals surface area contributed by atoms with Crippen molar-refractivity contribution in [3.63, 3.8) is 0 Å². The van der Waals surface area contributed by atoms with Gasteiger partial charge in [0.1, 0.15) is 5.75 Å². The van der Waals surface area contributed by atoms with Crippen molar-refractivity contribution in [1.29, 1.82) is 0 Å². The molecule has 16 heavy (non-hydrogen) atoms. The monoisotopic (exact) mass is 224 g/mol. The number of nitrogens with one attached hydrogen (secondary N) is 1. The standard InChI is InChI=1S/C10H12N2O4/c1-16-8-4-2-7(3-5-8)12-9(13)10(14,15)6-11-12/h2-5,11,14-15H,6H2,1H3. The quantitative estimate of drug-likeness (QED) is 0.574.